The van der Waals surface area contributed by atoms with Crippen LogP contribution in [-0.2, 0) is 4.79 Å². The van der Waals surface area contributed by atoms with Crippen LogP contribution in [-0.4, -0.2) is 61.5 Å². The fraction of sp³-hybridized carbons (Fsp3) is 0.929. The van der Waals surface area contributed by atoms with E-state index in [4.69, 9.17) is 0 Å². The van der Waals surface area contributed by atoms with Crippen LogP contribution in [0.25, 0.3) is 0 Å². The van der Waals surface area contributed by atoms with Gasteiger partial charge in [0.2, 0.25) is 5.91 Å². The van der Waals surface area contributed by atoms with Gasteiger partial charge in [-0.05, 0) is 45.3 Å². The summed E-state index contributed by atoms with van der Waals surface area (Å²) in [6.07, 6.45) is 4.30. The smallest absolute Gasteiger partial charge is 0.225 e. The molecule has 1 amide bonds. The highest BCUT2D eigenvalue weighted by molar-refractivity contribution is 5.85. The first kappa shape index (κ1) is 20.0. The monoisotopic (exact) mass is 325 g/mol. The molecule has 0 saturated carbocycles. The number of carbonyl (C=O) groups excluding carboxylic acids is 1. The molecule has 0 aromatic heterocycles. The summed E-state index contributed by atoms with van der Waals surface area (Å²) in [7, 11) is 2.01. The van der Waals surface area contributed by atoms with Crippen molar-refractivity contribution in [1.29, 1.82) is 0 Å². The second kappa shape index (κ2) is 9.82. The van der Waals surface area contributed by atoms with Gasteiger partial charge in [-0.25, -0.2) is 0 Å². The Morgan fingerprint density at radius 1 is 1.15 bits per heavy atom. The van der Waals surface area contributed by atoms with Gasteiger partial charge in [-0.2, -0.15) is 0 Å². The fourth-order valence-corrected chi connectivity index (χ4v) is 3.16. The van der Waals surface area contributed by atoms with Crippen molar-refractivity contribution in [3.05, 3.63) is 0 Å². The van der Waals surface area contributed by atoms with Gasteiger partial charge in [-0.3, -0.25) is 4.79 Å². The first-order chi connectivity index (χ1) is 8.72. The number of carbonyl (C=O) groups is 1. The van der Waals surface area contributed by atoms with Gasteiger partial charge in [0.25, 0.3) is 0 Å². The molecule has 20 heavy (non-hydrogen) atoms. The lowest BCUT2D eigenvalue weighted by atomic mass is 9.94. The topological polar surface area (TPSA) is 35.6 Å². The van der Waals surface area contributed by atoms with Crippen molar-refractivity contribution in [3.8, 4) is 0 Å². The van der Waals surface area contributed by atoms with E-state index in [1.165, 1.54) is 0 Å². The zero-order chi connectivity index (χ0) is 13.0. The highest BCUT2D eigenvalue weighted by Crippen LogP contribution is 2.20. The third kappa shape index (κ3) is 5.06. The summed E-state index contributed by atoms with van der Waals surface area (Å²) in [6, 6.07) is 0.468. The van der Waals surface area contributed by atoms with Crippen molar-refractivity contribution >= 4 is 30.7 Å². The van der Waals surface area contributed by atoms with Crippen LogP contribution in [0.5, 0.6) is 0 Å². The van der Waals surface area contributed by atoms with Crippen molar-refractivity contribution in [2.75, 3.05) is 39.8 Å². The van der Waals surface area contributed by atoms with Crippen LogP contribution in [0.2, 0.25) is 0 Å². The minimum absolute atomic E-state index is 0. The first-order valence-electron chi connectivity index (χ1n) is 7.42. The van der Waals surface area contributed by atoms with Crippen LogP contribution < -0.4 is 5.32 Å². The van der Waals surface area contributed by atoms with E-state index < -0.39 is 0 Å². The van der Waals surface area contributed by atoms with Gasteiger partial charge in [0.15, 0.2) is 0 Å². The highest BCUT2D eigenvalue weighted by atomic mass is 35.5. The molecule has 0 bridgehead atoms. The zero-order valence-electron chi connectivity index (χ0n) is 12.6. The summed E-state index contributed by atoms with van der Waals surface area (Å²) in [5.74, 6) is 0.645. The van der Waals surface area contributed by atoms with Gasteiger partial charge in [0.05, 0.1) is 0 Å². The Bertz CT molecular complexity index is 278. The molecule has 0 aromatic rings. The molecule has 2 rings (SSSR count). The molecule has 0 spiro atoms. The molecule has 0 atom stereocenters. The Labute approximate surface area is 135 Å². The number of hydrogen-bond donors (Lipinski definition) is 1. The summed E-state index contributed by atoms with van der Waals surface area (Å²) in [4.78, 5) is 16.9. The summed E-state index contributed by atoms with van der Waals surface area (Å²) in [5.41, 5.74) is 0. The number of halogens is 2. The minimum Gasteiger partial charge on any atom is -0.342 e. The van der Waals surface area contributed by atoms with Crippen LogP contribution >= 0.6 is 24.8 Å². The van der Waals surface area contributed by atoms with E-state index in [2.05, 4.69) is 17.1 Å². The SMILES string of the molecule is CCN1CCC(N(C)C(=O)C2CCNCC2)CC1.Cl.Cl. The average Bonchev–Trinajstić information content (AvgIpc) is 2.47. The largest absolute Gasteiger partial charge is 0.342 e. The fourth-order valence-electron chi connectivity index (χ4n) is 3.16. The lowest BCUT2D eigenvalue weighted by Gasteiger charge is -2.38. The molecule has 2 fully saturated rings. The van der Waals surface area contributed by atoms with Crippen molar-refractivity contribution in [1.82, 2.24) is 15.1 Å². The Balaban J connectivity index is 0.00000180. The van der Waals surface area contributed by atoms with Crippen molar-refractivity contribution in [2.45, 2.75) is 38.6 Å². The number of rotatable bonds is 3. The van der Waals surface area contributed by atoms with E-state index in [9.17, 15) is 4.79 Å². The lowest BCUT2D eigenvalue weighted by molar-refractivity contribution is -0.138. The van der Waals surface area contributed by atoms with E-state index in [-0.39, 0.29) is 30.7 Å². The van der Waals surface area contributed by atoms with Gasteiger partial charge in [0, 0.05) is 32.1 Å². The van der Waals surface area contributed by atoms with E-state index >= 15 is 0 Å². The number of nitrogens with one attached hydrogen (secondary N) is 1. The molecule has 0 unspecified atom stereocenters. The average molecular weight is 326 g/mol. The number of amides is 1. The molecule has 2 heterocycles. The van der Waals surface area contributed by atoms with E-state index in [0.29, 0.717) is 11.9 Å². The van der Waals surface area contributed by atoms with Crippen LogP contribution in [0.15, 0.2) is 0 Å². The van der Waals surface area contributed by atoms with Gasteiger partial charge >= 0.3 is 0 Å². The molecule has 1 N–H and O–H groups in total. The Morgan fingerprint density at radius 3 is 2.20 bits per heavy atom. The molecule has 0 radical (unpaired) electrons. The molecule has 2 aliphatic rings. The predicted molar refractivity (Wildman–Crippen MR) is 88.0 cm³/mol. The molecule has 2 aliphatic heterocycles. The van der Waals surface area contributed by atoms with Crippen LogP contribution in [0.1, 0.15) is 32.6 Å². The molecule has 2 saturated heterocycles. The Morgan fingerprint density at radius 2 is 1.70 bits per heavy atom. The molecular weight excluding hydrogens is 297 g/mol. The summed E-state index contributed by atoms with van der Waals surface area (Å²) >= 11 is 0. The van der Waals surface area contributed by atoms with Crippen LogP contribution in [0.4, 0.5) is 0 Å². The van der Waals surface area contributed by atoms with Crippen LogP contribution in [0.3, 0.4) is 0 Å². The minimum atomic E-state index is 0. The molecular formula is C14H29Cl2N3O. The Hall–Kier alpha value is -0.0300. The summed E-state index contributed by atoms with van der Waals surface area (Å²) < 4.78 is 0. The standard InChI is InChI=1S/C14H27N3O.2ClH/c1-3-17-10-6-13(7-11-17)16(2)14(18)12-4-8-15-9-5-12;;/h12-13,15H,3-11H2,1-2H3;2*1H. The molecule has 4 nitrogen and oxygen atoms in total. The zero-order valence-corrected chi connectivity index (χ0v) is 14.3. The maximum absolute atomic E-state index is 12.4. The number of likely N-dealkylation sites (tertiary alicyclic amines) is 1. The quantitative estimate of drug-likeness (QED) is 0.859. The van der Waals surface area contributed by atoms with Crippen molar-refractivity contribution in [3.63, 3.8) is 0 Å². The van der Waals surface area contributed by atoms with Gasteiger partial charge in [-0.15, -0.1) is 24.8 Å². The van der Waals surface area contributed by atoms with Crippen molar-refractivity contribution in [2.24, 2.45) is 5.92 Å². The van der Waals surface area contributed by atoms with Crippen LogP contribution in [0, 0.1) is 5.92 Å². The lowest BCUT2D eigenvalue weighted by Crippen LogP contribution is -2.48. The second-order valence-corrected chi connectivity index (χ2v) is 5.64. The molecule has 6 heteroatoms. The summed E-state index contributed by atoms with van der Waals surface area (Å²) in [6.45, 7) is 7.63. The summed E-state index contributed by atoms with van der Waals surface area (Å²) in [5, 5.41) is 3.32. The predicted octanol–water partition coefficient (Wildman–Crippen LogP) is 1.77. The first-order valence-corrected chi connectivity index (χ1v) is 7.42. The number of nitrogens with zero attached hydrogens (tertiary/aromatic N) is 2. The maximum Gasteiger partial charge on any atom is 0.225 e. The third-order valence-corrected chi connectivity index (χ3v) is 4.59. The molecule has 0 aromatic carbocycles. The third-order valence-electron chi connectivity index (χ3n) is 4.59. The maximum atomic E-state index is 12.4. The Kier molecular flexibility index (Phi) is 9.81. The molecule has 0 aliphatic carbocycles. The van der Waals surface area contributed by atoms with Gasteiger partial charge in [-0.1, -0.05) is 6.92 Å². The number of hydrogen-bond acceptors (Lipinski definition) is 3. The van der Waals surface area contributed by atoms with Crippen molar-refractivity contribution < 1.29 is 4.79 Å². The van der Waals surface area contributed by atoms with Gasteiger partial charge < -0.3 is 15.1 Å². The normalized spacial score (nSPS) is 21.7. The highest BCUT2D eigenvalue weighted by Gasteiger charge is 2.29. The van der Waals surface area contributed by atoms with E-state index in [1.54, 1.807) is 0 Å². The van der Waals surface area contributed by atoms with Gasteiger partial charge in [0.1, 0.15) is 0 Å². The number of piperidine rings is 2. The van der Waals surface area contributed by atoms with E-state index in [1.807, 2.05) is 11.9 Å². The molecule has 120 valence electrons. The van der Waals surface area contributed by atoms with E-state index in [0.717, 1.165) is 58.4 Å². The second-order valence-electron chi connectivity index (χ2n) is 5.64.